The molecular weight excluding hydrogens is 230 g/mol. The van der Waals surface area contributed by atoms with E-state index in [-0.39, 0.29) is 11.5 Å². The lowest BCUT2D eigenvalue weighted by Crippen LogP contribution is -2.13. The lowest BCUT2D eigenvalue weighted by Gasteiger charge is -2.14. The Morgan fingerprint density at radius 3 is 2.38 bits per heavy atom. The molecule has 2 N–H and O–H groups in total. The summed E-state index contributed by atoms with van der Waals surface area (Å²) in [5.74, 6) is -1.42. The summed E-state index contributed by atoms with van der Waals surface area (Å²) in [4.78, 5) is 22.1. The number of carboxylic acid groups (broad SMARTS) is 1. The standard InChI is InChI=1S/C11H12ClNO3/c1-5-4-8(12)6(2)9(11(15)16)10(5)13-7(3)14/h4H,1-3H3,(H,13,14)(H,15,16). The molecule has 0 radical (unpaired) electrons. The van der Waals surface area contributed by atoms with Gasteiger partial charge in [0, 0.05) is 11.9 Å². The number of rotatable bonds is 2. The predicted molar refractivity (Wildman–Crippen MR) is 62.2 cm³/mol. The molecule has 0 saturated carbocycles. The van der Waals surface area contributed by atoms with E-state index in [0.717, 1.165) is 0 Å². The quantitative estimate of drug-likeness (QED) is 0.836. The van der Waals surface area contributed by atoms with Crippen LogP contribution in [0.1, 0.15) is 28.4 Å². The summed E-state index contributed by atoms with van der Waals surface area (Å²) in [6, 6.07) is 1.63. The Labute approximate surface area is 98.2 Å². The van der Waals surface area contributed by atoms with Gasteiger partial charge in [-0.2, -0.15) is 0 Å². The zero-order valence-electron chi connectivity index (χ0n) is 9.22. The lowest BCUT2D eigenvalue weighted by molar-refractivity contribution is -0.114. The first kappa shape index (κ1) is 12.5. The topological polar surface area (TPSA) is 66.4 Å². The fourth-order valence-corrected chi connectivity index (χ4v) is 1.74. The molecule has 1 aromatic rings. The van der Waals surface area contributed by atoms with E-state index in [1.165, 1.54) is 6.92 Å². The monoisotopic (exact) mass is 241 g/mol. The molecule has 86 valence electrons. The summed E-state index contributed by atoms with van der Waals surface area (Å²) in [6.45, 7) is 4.63. The van der Waals surface area contributed by atoms with Gasteiger partial charge in [0.1, 0.15) is 0 Å². The highest BCUT2D eigenvalue weighted by Gasteiger charge is 2.18. The molecule has 0 saturated heterocycles. The maximum atomic E-state index is 11.1. The minimum Gasteiger partial charge on any atom is -0.478 e. The molecule has 16 heavy (non-hydrogen) atoms. The number of aryl methyl sites for hydroxylation is 1. The van der Waals surface area contributed by atoms with Crippen molar-refractivity contribution in [2.45, 2.75) is 20.8 Å². The largest absolute Gasteiger partial charge is 0.478 e. The third-order valence-corrected chi connectivity index (χ3v) is 2.63. The second kappa shape index (κ2) is 4.53. The fourth-order valence-electron chi connectivity index (χ4n) is 1.48. The second-order valence-electron chi connectivity index (χ2n) is 3.54. The SMILES string of the molecule is CC(=O)Nc1c(C)cc(Cl)c(C)c1C(=O)O. The van der Waals surface area contributed by atoms with Crippen molar-refractivity contribution in [2.24, 2.45) is 0 Å². The molecule has 4 nitrogen and oxygen atoms in total. The Kier molecular flexibility index (Phi) is 3.55. The first-order valence-electron chi connectivity index (χ1n) is 4.65. The predicted octanol–water partition coefficient (Wildman–Crippen LogP) is 2.61. The van der Waals surface area contributed by atoms with Crippen molar-refractivity contribution in [3.63, 3.8) is 0 Å². The van der Waals surface area contributed by atoms with Gasteiger partial charge in [-0.1, -0.05) is 11.6 Å². The van der Waals surface area contributed by atoms with E-state index in [1.807, 2.05) is 0 Å². The summed E-state index contributed by atoms with van der Waals surface area (Å²) in [5.41, 5.74) is 1.42. The van der Waals surface area contributed by atoms with Crippen LogP contribution in [0.5, 0.6) is 0 Å². The van der Waals surface area contributed by atoms with Crippen LogP contribution in [-0.2, 0) is 4.79 Å². The van der Waals surface area contributed by atoms with Crippen LogP contribution >= 0.6 is 11.6 Å². The molecule has 0 spiro atoms. The minimum atomic E-state index is -1.10. The van der Waals surface area contributed by atoms with Crippen LogP contribution < -0.4 is 5.32 Å². The lowest BCUT2D eigenvalue weighted by atomic mass is 10.0. The Balaban J connectivity index is 3.50. The third-order valence-electron chi connectivity index (χ3n) is 2.24. The molecule has 5 heteroatoms. The molecule has 1 aromatic carbocycles. The molecule has 0 aliphatic heterocycles. The number of carbonyl (C=O) groups excluding carboxylic acids is 1. The average Bonchev–Trinajstić information content (AvgIpc) is 2.13. The van der Waals surface area contributed by atoms with Crippen molar-refractivity contribution < 1.29 is 14.7 Å². The number of carboxylic acids is 1. The van der Waals surface area contributed by atoms with E-state index in [0.29, 0.717) is 21.8 Å². The first-order valence-corrected chi connectivity index (χ1v) is 5.03. The highest BCUT2D eigenvalue weighted by molar-refractivity contribution is 6.32. The van der Waals surface area contributed by atoms with Gasteiger partial charge in [0.05, 0.1) is 11.3 Å². The van der Waals surface area contributed by atoms with Crippen molar-refractivity contribution in [3.8, 4) is 0 Å². The zero-order chi connectivity index (χ0) is 12.5. The Morgan fingerprint density at radius 1 is 1.38 bits per heavy atom. The van der Waals surface area contributed by atoms with Gasteiger partial charge >= 0.3 is 5.97 Å². The third kappa shape index (κ3) is 2.33. The highest BCUT2D eigenvalue weighted by Crippen LogP contribution is 2.30. The molecule has 0 aromatic heterocycles. The molecule has 1 amide bonds. The molecule has 0 aliphatic rings. The van der Waals surface area contributed by atoms with Gasteiger partial charge in [0.15, 0.2) is 0 Å². The van der Waals surface area contributed by atoms with E-state index >= 15 is 0 Å². The van der Waals surface area contributed by atoms with Crippen molar-refractivity contribution in [1.82, 2.24) is 0 Å². The normalized spacial score (nSPS) is 10.0. The van der Waals surface area contributed by atoms with Crippen LogP contribution in [0.3, 0.4) is 0 Å². The van der Waals surface area contributed by atoms with Crippen molar-refractivity contribution in [1.29, 1.82) is 0 Å². The van der Waals surface area contributed by atoms with Gasteiger partial charge in [0.2, 0.25) is 5.91 Å². The smallest absolute Gasteiger partial charge is 0.338 e. The number of benzene rings is 1. The molecule has 0 bridgehead atoms. The van der Waals surface area contributed by atoms with Crippen LogP contribution in [0.25, 0.3) is 0 Å². The number of nitrogens with one attached hydrogen (secondary N) is 1. The summed E-state index contributed by atoms with van der Waals surface area (Å²) in [5, 5.41) is 12.0. The highest BCUT2D eigenvalue weighted by atomic mass is 35.5. The van der Waals surface area contributed by atoms with Crippen LogP contribution in [0.15, 0.2) is 6.07 Å². The molecular formula is C11H12ClNO3. The maximum absolute atomic E-state index is 11.1. The van der Waals surface area contributed by atoms with Gasteiger partial charge in [-0.3, -0.25) is 4.79 Å². The number of hydrogen-bond donors (Lipinski definition) is 2. The van der Waals surface area contributed by atoms with Crippen molar-refractivity contribution in [3.05, 3.63) is 27.8 Å². The zero-order valence-corrected chi connectivity index (χ0v) is 9.97. The number of halogens is 1. The van der Waals surface area contributed by atoms with Crippen LogP contribution in [0.2, 0.25) is 5.02 Å². The van der Waals surface area contributed by atoms with Crippen LogP contribution in [-0.4, -0.2) is 17.0 Å². The van der Waals surface area contributed by atoms with Crippen molar-refractivity contribution in [2.75, 3.05) is 5.32 Å². The first-order chi connectivity index (χ1) is 7.34. The van der Waals surface area contributed by atoms with Crippen LogP contribution in [0.4, 0.5) is 5.69 Å². The maximum Gasteiger partial charge on any atom is 0.338 e. The van der Waals surface area contributed by atoms with Gasteiger partial charge in [0.25, 0.3) is 0 Å². The van der Waals surface area contributed by atoms with Crippen LogP contribution in [0, 0.1) is 13.8 Å². The van der Waals surface area contributed by atoms with E-state index in [2.05, 4.69) is 5.32 Å². The van der Waals surface area contributed by atoms with E-state index in [4.69, 9.17) is 16.7 Å². The second-order valence-corrected chi connectivity index (χ2v) is 3.94. The average molecular weight is 242 g/mol. The number of carbonyl (C=O) groups is 2. The van der Waals surface area contributed by atoms with Gasteiger partial charge < -0.3 is 10.4 Å². The van der Waals surface area contributed by atoms with Gasteiger partial charge in [-0.25, -0.2) is 4.79 Å². The summed E-state index contributed by atoms with van der Waals surface area (Å²) >= 11 is 5.90. The van der Waals surface area contributed by atoms with Gasteiger partial charge in [-0.15, -0.1) is 0 Å². The van der Waals surface area contributed by atoms with Crippen molar-refractivity contribution >= 4 is 29.2 Å². The van der Waals surface area contributed by atoms with E-state index in [9.17, 15) is 9.59 Å². The minimum absolute atomic E-state index is 0.0419. The number of hydrogen-bond acceptors (Lipinski definition) is 2. The van der Waals surface area contributed by atoms with Gasteiger partial charge in [-0.05, 0) is 31.0 Å². The molecule has 0 unspecified atom stereocenters. The number of anilines is 1. The Hall–Kier alpha value is -1.55. The molecule has 0 heterocycles. The Bertz CT molecular complexity index is 469. The molecule has 0 atom stereocenters. The van der Waals surface area contributed by atoms with E-state index in [1.54, 1.807) is 19.9 Å². The fraction of sp³-hybridized carbons (Fsp3) is 0.273. The van der Waals surface area contributed by atoms with E-state index < -0.39 is 5.97 Å². The molecule has 0 aliphatic carbocycles. The molecule has 0 fully saturated rings. The molecule has 1 rings (SSSR count). The Morgan fingerprint density at radius 2 is 1.94 bits per heavy atom. The summed E-state index contributed by atoms with van der Waals surface area (Å²) in [7, 11) is 0. The number of aromatic carboxylic acids is 1. The summed E-state index contributed by atoms with van der Waals surface area (Å²) in [6.07, 6.45) is 0. The summed E-state index contributed by atoms with van der Waals surface area (Å²) < 4.78 is 0. The number of amides is 1.